The Morgan fingerprint density at radius 1 is 0.969 bits per heavy atom. The average Bonchev–Trinajstić information content (AvgIpc) is 3.07. The number of phenols is 2. The molecule has 0 amide bonds. The van der Waals surface area contributed by atoms with Crippen LogP contribution in [0.2, 0.25) is 0 Å². The van der Waals surface area contributed by atoms with E-state index in [0.717, 1.165) is 0 Å². The van der Waals surface area contributed by atoms with Gasteiger partial charge in [0, 0.05) is 23.3 Å². The van der Waals surface area contributed by atoms with E-state index in [1.54, 1.807) is 36.4 Å². The molecule has 9 nitrogen and oxygen atoms in total. The molecule has 0 radical (unpaired) electrons. The van der Waals surface area contributed by atoms with Gasteiger partial charge >= 0.3 is 5.97 Å². The Morgan fingerprint density at radius 3 is 2.62 bits per heavy atom. The summed E-state index contributed by atoms with van der Waals surface area (Å²) in [7, 11) is 0. The van der Waals surface area contributed by atoms with Crippen LogP contribution < -0.4 is 10.5 Å². The lowest BCUT2D eigenvalue weighted by molar-refractivity contribution is 0.0227. The van der Waals surface area contributed by atoms with Crippen LogP contribution in [-0.4, -0.2) is 31.6 Å². The molecule has 3 aromatic carbocycles. The molecule has 0 saturated carbocycles. The Balaban J connectivity index is 1.75. The quantitative estimate of drug-likeness (QED) is 0.309. The molecular weight excluding hydrogens is 412 g/mol. The van der Waals surface area contributed by atoms with Crippen LogP contribution in [0, 0.1) is 0 Å². The first-order valence-electron chi connectivity index (χ1n) is 9.65. The zero-order valence-corrected chi connectivity index (χ0v) is 16.3. The number of carbonyl (C=O) groups is 1. The molecule has 4 aromatic rings. The van der Waals surface area contributed by atoms with Crippen LogP contribution in [0.15, 0.2) is 60.8 Å². The molecule has 2 aliphatic rings. The summed E-state index contributed by atoms with van der Waals surface area (Å²) >= 11 is 0. The molecule has 1 aromatic heterocycles. The minimum atomic E-state index is -1.45. The first-order chi connectivity index (χ1) is 15.5. The molecule has 4 N–H and O–H groups in total. The SMILES string of the molecule is Nc1c(-c2ccnnn2)c(O)cc2c1C1(OC(=O)c3ccccc31)c1ccc(O)cc1O2. The van der Waals surface area contributed by atoms with Gasteiger partial charge in [0.2, 0.25) is 0 Å². The second-order valence-electron chi connectivity index (χ2n) is 7.46. The van der Waals surface area contributed by atoms with Gasteiger partial charge in [0.25, 0.3) is 0 Å². The van der Waals surface area contributed by atoms with E-state index in [4.69, 9.17) is 15.2 Å². The van der Waals surface area contributed by atoms with Crippen LogP contribution in [0.4, 0.5) is 5.69 Å². The Kier molecular flexibility index (Phi) is 3.50. The minimum Gasteiger partial charge on any atom is -0.508 e. The topological polar surface area (TPSA) is 141 Å². The molecule has 6 rings (SSSR count). The fourth-order valence-corrected chi connectivity index (χ4v) is 4.49. The number of anilines is 1. The van der Waals surface area contributed by atoms with Crippen LogP contribution in [0.3, 0.4) is 0 Å². The van der Waals surface area contributed by atoms with Crippen molar-refractivity contribution >= 4 is 11.7 Å². The number of hydrogen-bond acceptors (Lipinski definition) is 9. The van der Waals surface area contributed by atoms with Gasteiger partial charge in [0.05, 0.1) is 28.6 Å². The highest BCUT2D eigenvalue weighted by molar-refractivity contribution is 5.98. The van der Waals surface area contributed by atoms with Crippen molar-refractivity contribution in [3.8, 4) is 34.3 Å². The maximum atomic E-state index is 12.9. The molecule has 0 saturated heterocycles. The van der Waals surface area contributed by atoms with Crippen molar-refractivity contribution in [2.24, 2.45) is 0 Å². The normalized spacial score (nSPS) is 17.8. The van der Waals surface area contributed by atoms with Gasteiger partial charge in [-0.1, -0.05) is 18.2 Å². The zero-order valence-electron chi connectivity index (χ0n) is 16.3. The largest absolute Gasteiger partial charge is 0.508 e. The molecule has 3 heterocycles. The molecule has 9 heteroatoms. The number of nitrogen functional groups attached to an aromatic ring is 1. The van der Waals surface area contributed by atoms with Crippen LogP contribution in [-0.2, 0) is 10.3 Å². The number of carbonyl (C=O) groups excluding carboxylic acids is 1. The maximum Gasteiger partial charge on any atom is 0.340 e. The molecule has 2 aliphatic heterocycles. The molecular formula is C23H14N4O5. The lowest BCUT2D eigenvalue weighted by atomic mass is 9.76. The smallest absolute Gasteiger partial charge is 0.340 e. The van der Waals surface area contributed by atoms with Crippen LogP contribution in [0.5, 0.6) is 23.0 Å². The van der Waals surface area contributed by atoms with E-state index in [0.29, 0.717) is 27.9 Å². The van der Waals surface area contributed by atoms with Crippen molar-refractivity contribution in [1.82, 2.24) is 15.4 Å². The van der Waals surface area contributed by atoms with E-state index >= 15 is 0 Å². The van der Waals surface area contributed by atoms with Crippen LogP contribution in [0.25, 0.3) is 11.3 Å². The van der Waals surface area contributed by atoms with Crippen LogP contribution >= 0.6 is 0 Å². The van der Waals surface area contributed by atoms with Gasteiger partial charge in [-0.3, -0.25) is 0 Å². The van der Waals surface area contributed by atoms with E-state index in [1.807, 2.05) is 0 Å². The van der Waals surface area contributed by atoms with Crippen LogP contribution in [0.1, 0.15) is 27.0 Å². The monoisotopic (exact) mass is 426 g/mol. The number of nitrogens with zero attached hydrogens (tertiary/aromatic N) is 3. The third kappa shape index (κ3) is 2.21. The van der Waals surface area contributed by atoms with E-state index in [9.17, 15) is 15.0 Å². The zero-order chi connectivity index (χ0) is 22.0. The number of phenolic OH excluding ortho intramolecular Hbond substituents is 2. The summed E-state index contributed by atoms with van der Waals surface area (Å²) in [5.74, 6) is -0.283. The van der Waals surface area contributed by atoms with Crippen molar-refractivity contribution in [3.63, 3.8) is 0 Å². The van der Waals surface area contributed by atoms with Crippen molar-refractivity contribution in [1.29, 1.82) is 0 Å². The Morgan fingerprint density at radius 2 is 1.81 bits per heavy atom. The van der Waals surface area contributed by atoms with Gasteiger partial charge in [-0.2, -0.15) is 0 Å². The fourth-order valence-electron chi connectivity index (χ4n) is 4.49. The standard InChI is InChI=1S/C23H14N4O5/c24-21-19(15-7-8-25-27-26-15)16(29)10-18-20(21)23(14-6-5-11(28)9-17(14)31-18)13-4-2-1-3-12(13)22(30)32-23/h1-10,28-29H,24H2. The highest BCUT2D eigenvalue weighted by Crippen LogP contribution is 2.60. The van der Waals surface area contributed by atoms with E-state index in [1.165, 1.54) is 24.4 Å². The predicted molar refractivity (Wildman–Crippen MR) is 111 cm³/mol. The van der Waals surface area contributed by atoms with Crippen molar-refractivity contribution < 1.29 is 24.5 Å². The van der Waals surface area contributed by atoms with E-state index in [2.05, 4.69) is 15.4 Å². The molecule has 32 heavy (non-hydrogen) atoms. The van der Waals surface area contributed by atoms with Crippen molar-refractivity contribution in [3.05, 3.63) is 83.0 Å². The highest BCUT2D eigenvalue weighted by atomic mass is 16.6. The summed E-state index contributed by atoms with van der Waals surface area (Å²) in [5, 5.41) is 32.1. The number of aromatic hydroxyl groups is 2. The van der Waals surface area contributed by atoms with Crippen molar-refractivity contribution in [2.45, 2.75) is 5.60 Å². The molecule has 0 aliphatic carbocycles. The van der Waals surface area contributed by atoms with Gasteiger partial charge in [-0.05, 0) is 29.5 Å². The number of esters is 1. The van der Waals surface area contributed by atoms with Crippen molar-refractivity contribution in [2.75, 3.05) is 5.73 Å². The van der Waals surface area contributed by atoms with Gasteiger partial charge in [-0.25, -0.2) is 4.79 Å². The lowest BCUT2D eigenvalue weighted by Gasteiger charge is -2.37. The lowest BCUT2D eigenvalue weighted by Crippen LogP contribution is -2.34. The van der Waals surface area contributed by atoms with E-state index in [-0.39, 0.29) is 34.2 Å². The fraction of sp³-hybridized carbons (Fsp3) is 0.0435. The Hall–Kier alpha value is -4.66. The second kappa shape index (κ2) is 6.17. The molecule has 1 atom stereocenters. The summed E-state index contributed by atoms with van der Waals surface area (Å²) in [4.78, 5) is 12.9. The molecule has 0 fully saturated rings. The van der Waals surface area contributed by atoms with Gasteiger partial charge in [0.1, 0.15) is 28.7 Å². The number of nitrogens with two attached hydrogens (primary N) is 1. The van der Waals surface area contributed by atoms with E-state index < -0.39 is 11.6 Å². The number of hydrogen-bond donors (Lipinski definition) is 3. The highest BCUT2D eigenvalue weighted by Gasteiger charge is 2.55. The second-order valence-corrected chi connectivity index (χ2v) is 7.46. The maximum absolute atomic E-state index is 12.9. The first kappa shape index (κ1) is 18.1. The number of rotatable bonds is 1. The summed E-state index contributed by atoms with van der Waals surface area (Å²) in [5.41, 5.74) is 7.58. The molecule has 156 valence electrons. The molecule has 1 unspecified atom stereocenters. The number of benzene rings is 3. The average molecular weight is 426 g/mol. The van der Waals surface area contributed by atoms with Gasteiger partial charge < -0.3 is 25.4 Å². The number of fused-ring (bicyclic) bond motifs is 6. The first-order valence-corrected chi connectivity index (χ1v) is 9.65. The minimum absolute atomic E-state index is 0.0270. The number of ether oxygens (including phenoxy) is 2. The predicted octanol–water partition coefficient (Wildman–Crippen LogP) is 3.10. The number of aromatic nitrogens is 3. The third-order valence-electron chi connectivity index (χ3n) is 5.76. The third-order valence-corrected chi connectivity index (χ3v) is 5.76. The summed E-state index contributed by atoms with van der Waals surface area (Å²) in [6.45, 7) is 0. The summed E-state index contributed by atoms with van der Waals surface area (Å²) < 4.78 is 12.1. The summed E-state index contributed by atoms with van der Waals surface area (Å²) in [6.07, 6.45) is 1.43. The summed E-state index contributed by atoms with van der Waals surface area (Å²) in [6, 6.07) is 14.5. The molecule has 0 bridgehead atoms. The Bertz CT molecular complexity index is 1440. The van der Waals surface area contributed by atoms with Gasteiger partial charge in [0.15, 0.2) is 5.60 Å². The Labute approximate surface area is 180 Å². The van der Waals surface area contributed by atoms with Gasteiger partial charge in [-0.15, -0.1) is 10.2 Å². The molecule has 1 spiro atoms.